The number of piperidine rings is 1. The summed E-state index contributed by atoms with van der Waals surface area (Å²) in [5, 5.41) is 9.64. The van der Waals surface area contributed by atoms with Gasteiger partial charge in [0.05, 0.1) is 7.11 Å². The lowest BCUT2D eigenvalue weighted by atomic mass is 9.99. The van der Waals surface area contributed by atoms with Gasteiger partial charge in [-0.1, -0.05) is 19.1 Å². The van der Waals surface area contributed by atoms with Crippen LogP contribution in [-0.4, -0.2) is 84.9 Å². The zero-order chi connectivity index (χ0) is 19.9. The molecule has 0 amide bonds. The van der Waals surface area contributed by atoms with Gasteiger partial charge in [0, 0.05) is 44.9 Å². The number of ether oxygens (including phenoxy) is 1. The summed E-state index contributed by atoms with van der Waals surface area (Å²) in [4.78, 5) is 7.89. The average molecular weight is 390 g/mol. The Bertz CT molecular complexity index is 602. The molecule has 5 heteroatoms. The zero-order valence-corrected chi connectivity index (χ0v) is 18.1. The van der Waals surface area contributed by atoms with E-state index in [9.17, 15) is 5.11 Å². The van der Waals surface area contributed by atoms with Gasteiger partial charge in [0.25, 0.3) is 0 Å². The maximum atomic E-state index is 9.64. The van der Waals surface area contributed by atoms with Gasteiger partial charge in [-0.05, 0) is 69.4 Å². The van der Waals surface area contributed by atoms with Crippen LogP contribution >= 0.6 is 0 Å². The summed E-state index contributed by atoms with van der Waals surface area (Å²) in [6, 6.07) is 7.66. The first kappa shape index (κ1) is 21.6. The number of rotatable bonds is 8. The predicted octanol–water partition coefficient (Wildman–Crippen LogP) is 2.75. The van der Waals surface area contributed by atoms with Crippen LogP contribution in [0.2, 0.25) is 0 Å². The number of aryl methyl sites for hydroxylation is 1. The summed E-state index contributed by atoms with van der Waals surface area (Å²) >= 11 is 0. The molecular weight excluding hydrogens is 350 g/mol. The summed E-state index contributed by atoms with van der Waals surface area (Å²) in [6.07, 6.45) is 4.71. The van der Waals surface area contributed by atoms with E-state index in [1.807, 2.05) is 0 Å². The molecule has 3 rings (SSSR count). The van der Waals surface area contributed by atoms with E-state index in [2.05, 4.69) is 46.7 Å². The summed E-state index contributed by atoms with van der Waals surface area (Å²) < 4.78 is 5.40. The van der Waals surface area contributed by atoms with Gasteiger partial charge in [-0.15, -0.1) is 0 Å². The molecule has 5 nitrogen and oxygen atoms in total. The smallest absolute Gasteiger partial charge is 0.121 e. The van der Waals surface area contributed by atoms with Crippen LogP contribution in [0.5, 0.6) is 5.75 Å². The Morgan fingerprint density at radius 2 is 1.93 bits per heavy atom. The number of benzene rings is 1. The van der Waals surface area contributed by atoms with E-state index < -0.39 is 0 Å². The van der Waals surface area contributed by atoms with E-state index in [1.165, 1.54) is 50.0 Å². The van der Waals surface area contributed by atoms with Gasteiger partial charge in [-0.2, -0.15) is 0 Å². The Morgan fingerprint density at radius 3 is 2.57 bits per heavy atom. The highest BCUT2D eigenvalue weighted by Gasteiger charge is 2.32. The highest BCUT2D eigenvalue weighted by atomic mass is 16.5. The van der Waals surface area contributed by atoms with Crippen LogP contribution in [0.15, 0.2) is 18.2 Å². The number of piperazine rings is 1. The highest BCUT2D eigenvalue weighted by molar-refractivity contribution is 5.36. The molecule has 0 unspecified atom stereocenters. The van der Waals surface area contributed by atoms with Crippen molar-refractivity contribution in [1.82, 2.24) is 14.7 Å². The van der Waals surface area contributed by atoms with Crippen molar-refractivity contribution in [3.63, 3.8) is 0 Å². The highest BCUT2D eigenvalue weighted by Crippen LogP contribution is 2.25. The van der Waals surface area contributed by atoms with Crippen molar-refractivity contribution in [2.24, 2.45) is 0 Å². The lowest BCUT2D eigenvalue weighted by molar-refractivity contribution is 0.0131. The number of aliphatic hydroxyl groups excluding tert-OH is 1. The van der Waals surface area contributed by atoms with Crippen LogP contribution in [0.25, 0.3) is 0 Å². The number of hydrogen-bond donors (Lipinski definition) is 1. The molecule has 2 aliphatic heterocycles. The van der Waals surface area contributed by atoms with E-state index in [1.54, 1.807) is 7.11 Å². The van der Waals surface area contributed by atoms with Crippen molar-refractivity contribution >= 4 is 0 Å². The van der Waals surface area contributed by atoms with E-state index >= 15 is 0 Å². The Balaban J connectivity index is 1.57. The third-order valence-electron chi connectivity index (χ3n) is 6.56. The Labute approximate surface area is 171 Å². The van der Waals surface area contributed by atoms with Crippen LogP contribution in [-0.2, 0) is 6.54 Å². The van der Waals surface area contributed by atoms with Crippen LogP contribution in [0.3, 0.4) is 0 Å². The number of aliphatic hydroxyl groups is 1. The Morgan fingerprint density at radius 1 is 1.14 bits per heavy atom. The predicted molar refractivity (Wildman–Crippen MR) is 115 cm³/mol. The Kier molecular flexibility index (Phi) is 8.15. The number of methoxy groups -OCH3 is 1. The fraction of sp³-hybridized carbons (Fsp3) is 0.739. The van der Waals surface area contributed by atoms with Crippen molar-refractivity contribution in [1.29, 1.82) is 0 Å². The lowest BCUT2D eigenvalue weighted by Crippen LogP contribution is -2.57. The largest absolute Gasteiger partial charge is 0.496 e. The quantitative estimate of drug-likeness (QED) is 0.740. The molecular formula is C23H39N3O2. The van der Waals surface area contributed by atoms with Gasteiger partial charge in [-0.25, -0.2) is 0 Å². The molecule has 2 fully saturated rings. The topological polar surface area (TPSA) is 39.2 Å². The second kappa shape index (κ2) is 10.6. The first-order chi connectivity index (χ1) is 13.6. The molecule has 0 saturated carbocycles. The molecule has 1 atom stereocenters. The van der Waals surface area contributed by atoms with Crippen LogP contribution in [0.4, 0.5) is 0 Å². The number of likely N-dealkylation sites (tertiary alicyclic amines) is 1. The summed E-state index contributed by atoms with van der Waals surface area (Å²) in [6.45, 7) is 12.7. The van der Waals surface area contributed by atoms with Crippen LogP contribution in [0.1, 0.15) is 43.7 Å². The molecule has 28 heavy (non-hydrogen) atoms. The molecule has 0 spiro atoms. The van der Waals surface area contributed by atoms with E-state index in [4.69, 9.17) is 4.74 Å². The number of nitrogens with zero attached hydrogens (tertiary/aromatic N) is 3. The van der Waals surface area contributed by atoms with Gasteiger partial charge in [0.1, 0.15) is 5.75 Å². The van der Waals surface area contributed by atoms with Crippen LogP contribution in [0, 0.1) is 6.92 Å². The molecule has 0 bridgehead atoms. The van der Waals surface area contributed by atoms with Crippen molar-refractivity contribution in [2.75, 3.05) is 53.0 Å². The fourth-order valence-electron chi connectivity index (χ4n) is 4.98. The summed E-state index contributed by atoms with van der Waals surface area (Å²) in [5.41, 5.74) is 2.53. The van der Waals surface area contributed by atoms with E-state index in [0.717, 1.165) is 44.4 Å². The third-order valence-corrected chi connectivity index (χ3v) is 6.56. The van der Waals surface area contributed by atoms with Crippen molar-refractivity contribution in [3.05, 3.63) is 29.3 Å². The van der Waals surface area contributed by atoms with Gasteiger partial charge in [-0.3, -0.25) is 9.80 Å². The van der Waals surface area contributed by atoms with Crippen molar-refractivity contribution < 1.29 is 9.84 Å². The maximum Gasteiger partial charge on any atom is 0.121 e. The number of hydrogen-bond acceptors (Lipinski definition) is 5. The molecule has 1 aromatic carbocycles. The minimum absolute atomic E-state index is 0.269. The zero-order valence-electron chi connectivity index (χ0n) is 18.1. The minimum atomic E-state index is 0.269. The Hall–Kier alpha value is -1.14. The van der Waals surface area contributed by atoms with Gasteiger partial charge < -0.3 is 14.7 Å². The molecule has 2 aliphatic rings. The molecule has 158 valence electrons. The molecule has 0 aliphatic carbocycles. The standard InChI is InChI=1S/C23H39N3O2/c1-4-10-24-11-7-21(8-12-24)26-14-13-25(22(18-26)9-15-27)17-20-5-6-23(28-3)19(2)16-20/h5-6,16,21-22,27H,4,7-15,17-18H2,1-3H3/t22-/m0/s1. The van der Waals surface area contributed by atoms with Crippen molar-refractivity contribution in [3.8, 4) is 5.75 Å². The molecule has 1 N–H and O–H groups in total. The van der Waals surface area contributed by atoms with E-state index in [0.29, 0.717) is 6.04 Å². The molecule has 2 heterocycles. The molecule has 2 saturated heterocycles. The monoisotopic (exact) mass is 389 g/mol. The molecule has 1 aromatic rings. The molecule has 0 aromatic heterocycles. The second-order valence-corrected chi connectivity index (χ2v) is 8.51. The van der Waals surface area contributed by atoms with Crippen molar-refractivity contribution in [2.45, 2.75) is 58.2 Å². The van der Waals surface area contributed by atoms with Gasteiger partial charge in [0.15, 0.2) is 0 Å². The van der Waals surface area contributed by atoms with Crippen LogP contribution < -0.4 is 4.74 Å². The van der Waals surface area contributed by atoms with E-state index in [-0.39, 0.29) is 6.61 Å². The summed E-state index contributed by atoms with van der Waals surface area (Å²) in [5.74, 6) is 0.954. The molecule has 0 radical (unpaired) electrons. The van der Waals surface area contributed by atoms with Gasteiger partial charge >= 0.3 is 0 Å². The van der Waals surface area contributed by atoms with Gasteiger partial charge in [0.2, 0.25) is 0 Å². The third kappa shape index (κ3) is 5.47. The second-order valence-electron chi connectivity index (χ2n) is 8.51. The fourth-order valence-corrected chi connectivity index (χ4v) is 4.98. The maximum absolute atomic E-state index is 9.64. The first-order valence-corrected chi connectivity index (χ1v) is 11.1. The summed E-state index contributed by atoms with van der Waals surface area (Å²) in [7, 11) is 1.73. The SMILES string of the molecule is CCCN1CCC(N2CCN(Cc3ccc(OC)c(C)c3)[C@@H](CCO)C2)CC1. The average Bonchev–Trinajstić information content (AvgIpc) is 2.70. The normalized spacial score (nSPS) is 23.2. The minimum Gasteiger partial charge on any atom is -0.496 e. The first-order valence-electron chi connectivity index (χ1n) is 11.1. The lowest BCUT2D eigenvalue weighted by Gasteiger charge is -2.46.